The van der Waals surface area contributed by atoms with Gasteiger partial charge in [-0.2, -0.15) is 0 Å². The molecular weight excluding hydrogens is 264 g/mol. The summed E-state index contributed by atoms with van der Waals surface area (Å²) in [5.41, 5.74) is 2.38. The van der Waals surface area contributed by atoms with Gasteiger partial charge in [-0.3, -0.25) is 4.79 Å². The van der Waals surface area contributed by atoms with E-state index in [9.17, 15) is 4.79 Å². The summed E-state index contributed by atoms with van der Waals surface area (Å²) in [6, 6.07) is 18.1. The van der Waals surface area contributed by atoms with E-state index in [0.29, 0.717) is 13.0 Å². The van der Waals surface area contributed by atoms with Crippen molar-refractivity contribution in [3.63, 3.8) is 0 Å². The van der Waals surface area contributed by atoms with E-state index in [-0.39, 0.29) is 6.42 Å². The SMILES string of the molecule is O=C(O)CCCc1cccc(OCCc2ccccc2)c1. The van der Waals surface area contributed by atoms with E-state index in [0.717, 1.165) is 24.2 Å². The molecule has 0 saturated carbocycles. The second-order valence-electron chi connectivity index (χ2n) is 4.98. The third-order valence-corrected chi connectivity index (χ3v) is 3.26. The number of ether oxygens (including phenoxy) is 1. The van der Waals surface area contributed by atoms with E-state index in [4.69, 9.17) is 9.84 Å². The Morgan fingerprint density at radius 2 is 1.71 bits per heavy atom. The van der Waals surface area contributed by atoms with Crippen LogP contribution in [0.4, 0.5) is 0 Å². The Bertz CT molecular complexity index is 564. The molecule has 0 aliphatic rings. The van der Waals surface area contributed by atoms with Gasteiger partial charge in [-0.1, -0.05) is 42.5 Å². The van der Waals surface area contributed by atoms with Crippen molar-refractivity contribution in [2.45, 2.75) is 25.7 Å². The van der Waals surface area contributed by atoms with Crippen LogP contribution in [0.5, 0.6) is 5.75 Å². The van der Waals surface area contributed by atoms with E-state index in [1.54, 1.807) is 0 Å². The molecule has 0 unspecified atom stereocenters. The average molecular weight is 284 g/mol. The predicted molar refractivity (Wildman–Crippen MR) is 82.7 cm³/mol. The van der Waals surface area contributed by atoms with Crippen molar-refractivity contribution in [2.75, 3.05) is 6.61 Å². The van der Waals surface area contributed by atoms with Gasteiger partial charge >= 0.3 is 5.97 Å². The van der Waals surface area contributed by atoms with Crippen LogP contribution < -0.4 is 4.74 Å². The minimum atomic E-state index is -0.745. The largest absolute Gasteiger partial charge is 0.493 e. The van der Waals surface area contributed by atoms with E-state index in [1.165, 1.54) is 5.56 Å². The first-order chi connectivity index (χ1) is 10.2. The van der Waals surface area contributed by atoms with Gasteiger partial charge in [-0.05, 0) is 36.1 Å². The van der Waals surface area contributed by atoms with E-state index in [1.807, 2.05) is 42.5 Å². The summed E-state index contributed by atoms with van der Waals surface area (Å²) in [4.78, 5) is 10.5. The van der Waals surface area contributed by atoms with Crippen LogP contribution in [-0.4, -0.2) is 17.7 Å². The van der Waals surface area contributed by atoms with Crippen molar-refractivity contribution in [1.82, 2.24) is 0 Å². The highest BCUT2D eigenvalue weighted by molar-refractivity contribution is 5.66. The van der Waals surface area contributed by atoms with Gasteiger partial charge < -0.3 is 9.84 Å². The topological polar surface area (TPSA) is 46.5 Å². The molecule has 21 heavy (non-hydrogen) atoms. The molecule has 0 radical (unpaired) electrons. The van der Waals surface area contributed by atoms with Crippen molar-refractivity contribution >= 4 is 5.97 Å². The van der Waals surface area contributed by atoms with Crippen molar-refractivity contribution in [3.05, 3.63) is 65.7 Å². The van der Waals surface area contributed by atoms with Crippen molar-refractivity contribution in [1.29, 1.82) is 0 Å². The molecule has 2 aromatic rings. The zero-order chi connectivity index (χ0) is 14.9. The van der Waals surface area contributed by atoms with Gasteiger partial charge in [-0.15, -0.1) is 0 Å². The van der Waals surface area contributed by atoms with Crippen LogP contribution in [-0.2, 0) is 17.6 Å². The Kier molecular flexibility index (Phi) is 5.83. The zero-order valence-electron chi connectivity index (χ0n) is 12.0. The molecule has 2 rings (SSSR count). The maximum Gasteiger partial charge on any atom is 0.303 e. The summed E-state index contributed by atoms with van der Waals surface area (Å²) in [6.45, 7) is 0.641. The van der Waals surface area contributed by atoms with Crippen LogP contribution in [0.1, 0.15) is 24.0 Å². The molecular formula is C18H20O3. The van der Waals surface area contributed by atoms with Crippen LogP contribution in [0.3, 0.4) is 0 Å². The van der Waals surface area contributed by atoms with Gasteiger partial charge in [0, 0.05) is 12.8 Å². The molecule has 0 saturated heterocycles. The van der Waals surface area contributed by atoms with Crippen LogP contribution in [0.2, 0.25) is 0 Å². The summed E-state index contributed by atoms with van der Waals surface area (Å²) in [6.07, 6.45) is 2.51. The first-order valence-electron chi connectivity index (χ1n) is 7.21. The number of hydrogen-bond donors (Lipinski definition) is 1. The molecule has 0 heterocycles. The van der Waals surface area contributed by atoms with E-state index < -0.39 is 5.97 Å². The maximum atomic E-state index is 10.5. The molecule has 0 aliphatic heterocycles. The fourth-order valence-electron chi connectivity index (χ4n) is 2.17. The fourth-order valence-corrected chi connectivity index (χ4v) is 2.17. The summed E-state index contributed by atoms with van der Waals surface area (Å²) in [5.74, 6) is 0.101. The number of carbonyl (C=O) groups is 1. The lowest BCUT2D eigenvalue weighted by molar-refractivity contribution is -0.137. The minimum Gasteiger partial charge on any atom is -0.493 e. The zero-order valence-corrected chi connectivity index (χ0v) is 12.0. The normalized spacial score (nSPS) is 10.3. The first-order valence-corrected chi connectivity index (χ1v) is 7.21. The quantitative estimate of drug-likeness (QED) is 0.803. The summed E-state index contributed by atoms with van der Waals surface area (Å²) >= 11 is 0. The highest BCUT2D eigenvalue weighted by atomic mass is 16.5. The molecule has 0 aromatic heterocycles. The Hall–Kier alpha value is -2.29. The number of hydrogen-bond acceptors (Lipinski definition) is 2. The van der Waals surface area contributed by atoms with Crippen molar-refractivity contribution in [2.24, 2.45) is 0 Å². The molecule has 1 N–H and O–H groups in total. The lowest BCUT2D eigenvalue weighted by Gasteiger charge is -2.08. The summed E-state index contributed by atoms with van der Waals surface area (Å²) < 4.78 is 5.76. The highest BCUT2D eigenvalue weighted by Crippen LogP contribution is 2.15. The Morgan fingerprint density at radius 1 is 0.952 bits per heavy atom. The predicted octanol–water partition coefficient (Wildman–Crippen LogP) is 3.72. The van der Waals surface area contributed by atoms with Gasteiger partial charge in [0.15, 0.2) is 0 Å². The number of carboxylic acid groups (broad SMARTS) is 1. The first kappa shape index (κ1) is 15.1. The number of rotatable bonds is 8. The van der Waals surface area contributed by atoms with E-state index >= 15 is 0 Å². The van der Waals surface area contributed by atoms with E-state index in [2.05, 4.69) is 12.1 Å². The van der Waals surface area contributed by atoms with Crippen LogP contribution in [0, 0.1) is 0 Å². The smallest absolute Gasteiger partial charge is 0.303 e. The molecule has 3 heteroatoms. The average Bonchev–Trinajstić information content (AvgIpc) is 2.48. The van der Waals surface area contributed by atoms with Gasteiger partial charge in [0.05, 0.1) is 6.61 Å². The second-order valence-corrected chi connectivity index (χ2v) is 4.98. The Labute approximate surface area is 125 Å². The van der Waals surface area contributed by atoms with Crippen LogP contribution in [0.25, 0.3) is 0 Å². The fraction of sp³-hybridized carbons (Fsp3) is 0.278. The molecule has 110 valence electrons. The molecule has 0 fully saturated rings. The van der Waals surface area contributed by atoms with Gasteiger partial charge in [0.1, 0.15) is 5.75 Å². The highest BCUT2D eigenvalue weighted by Gasteiger charge is 2.01. The van der Waals surface area contributed by atoms with Crippen molar-refractivity contribution < 1.29 is 14.6 Å². The van der Waals surface area contributed by atoms with Gasteiger partial charge in [0.2, 0.25) is 0 Å². The van der Waals surface area contributed by atoms with Crippen LogP contribution in [0.15, 0.2) is 54.6 Å². The lowest BCUT2D eigenvalue weighted by Crippen LogP contribution is -2.01. The second kappa shape index (κ2) is 8.10. The monoisotopic (exact) mass is 284 g/mol. The summed E-state index contributed by atoms with van der Waals surface area (Å²) in [5, 5.41) is 8.65. The molecule has 0 bridgehead atoms. The minimum absolute atomic E-state index is 0.207. The number of carboxylic acids is 1. The van der Waals surface area contributed by atoms with Gasteiger partial charge in [-0.25, -0.2) is 0 Å². The molecule has 0 spiro atoms. The Morgan fingerprint density at radius 3 is 2.48 bits per heavy atom. The number of aliphatic carboxylic acids is 1. The standard InChI is InChI=1S/C18H20O3/c19-18(20)11-5-9-16-8-4-10-17(14-16)21-13-12-15-6-2-1-3-7-15/h1-4,6-8,10,14H,5,9,11-13H2,(H,19,20). The summed E-state index contributed by atoms with van der Waals surface area (Å²) in [7, 11) is 0. The third-order valence-electron chi connectivity index (χ3n) is 3.26. The molecule has 2 aromatic carbocycles. The molecule has 3 nitrogen and oxygen atoms in total. The molecule has 0 amide bonds. The lowest BCUT2D eigenvalue weighted by atomic mass is 10.1. The Balaban J connectivity index is 1.79. The van der Waals surface area contributed by atoms with Crippen molar-refractivity contribution in [3.8, 4) is 5.75 Å². The molecule has 0 atom stereocenters. The van der Waals surface area contributed by atoms with Gasteiger partial charge in [0.25, 0.3) is 0 Å². The third kappa shape index (κ3) is 5.69. The molecule has 0 aliphatic carbocycles. The number of benzene rings is 2. The number of aryl methyl sites for hydroxylation is 1. The maximum absolute atomic E-state index is 10.5. The van der Waals surface area contributed by atoms with Crippen LogP contribution >= 0.6 is 0 Å².